The standard InChI is InChI=1S/C7H12N2O.C2HF3O2/c1-7(2,3)4-6-9-8-5-10-6;3-2(4,5)1(6)7/h5H,4H2,1-3H3;(H,6,7). The summed E-state index contributed by atoms with van der Waals surface area (Å²) in [4.78, 5) is 8.90. The van der Waals surface area contributed by atoms with Crippen LogP contribution in [0, 0.1) is 5.41 Å². The van der Waals surface area contributed by atoms with Crippen molar-refractivity contribution in [3.8, 4) is 0 Å². The van der Waals surface area contributed by atoms with Crippen LogP contribution in [0.1, 0.15) is 26.7 Å². The summed E-state index contributed by atoms with van der Waals surface area (Å²) in [7, 11) is 0. The van der Waals surface area contributed by atoms with Crippen LogP contribution in [-0.2, 0) is 11.2 Å². The van der Waals surface area contributed by atoms with Crippen LogP contribution in [-0.4, -0.2) is 27.4 Å². The van der Waals surface area contributed by atoms with Gasteiger partial charge in [0.15, 0.2) is 0 Å². The first kappa shape index (κ1) is 15.4. The van der Waals surface area contributed by atoms with Gasteiger partial charge in [-0.15, -0.1) is 10.2 Å². The second-order valence-corrected chi connectivity index (χ2v) is 4.37. The van der Waals surface area contributed by atoms with Gasteiger partial charge in [0.1, 0.15) is 0 Å². The monoisotopic (exact) mass is 254 g/mol. The van der Waals surface area contributed by atoms with Crippen molar-refractivity contribution >= 4 is 5.97 Å². The summed E-state index contributed by atoms with van der Waals surface area (Å²) in [5.74, 6) is -2.04. The number of carbonyl (C=O) groups is 1. The molecule has 0 aliphatic carbocycles. The van der Waals surface area contributed by atoms with Crippen LogP contribution in [0.25, 0.3) is 0 Å². The molecule has 8 heteroatoms. The number of hydrogen-bond donors (Lipinski definition) is 1. The molecule has 0 fully saturated rings. The summed E-state index contributed by atoms with van der Waals surface area (Å²) in [6.45, 7) is 6.41. The molecule has 1 N–H and O–H groups in total. The number of carboxylic acids is 1. The smallest absolute Gasteiger partial charge is 0.475 e. The Hall–Kier alpha value is -1.60. The molecular weight excluding hydrogens is 241 g/mol. The summed E-state index contributed by atoms with van der Waals surface area (Å²) in [5, 5.41) is 14.5. The van der Waals surface area contributed by atoms with E-state index in [4.69, 9.17) is 14.3 Å². The van der Waals surface area contributed by atoms with Crippen molar-refractivity contribution in [2.75, 3.05) is 0 Å². The highest BCUT2D eigenvalue weighted by molar-refractivity contribution is 5.73. The topological polar surface area (TPSA) is 76.2 Å². The molecule has 0 radical (unpaired) electrons. The lowest BCUT2D eigenvalue weighted by molar-refractivity contribution is -0.192. The number of halogens is 3. The van der Waals surface area contributed by atoms with Crippen molar-refractivity contribution in [3.05, 3.63) is 12.3 Å². The lowest BCUT2D eigenvalue weighted by Gasteiger charge is -2.13. The van der Waals surface area contributed by atoms with Gasteiger partial charge in [-0.1, -0.05) is 20.8 Å². The van der Waals surface area contributed by atoms with Crippen LogP contribution in [0.5, 0.6) is 0 Å². The van der Waals surface area contributed by atoms with Crippen LogP contribution in [0.15, 0.2) is 10.8 Å². The van der Waals surface area contributed by atoms with Gasteiger partial charge in [0.25, 0.3) is 0 Å². The van der Waals surface area contributed by atoms with Crippen molar-refractivity contribution in [1.82, 2.24) is 10.2 Å². The number of carboxylic acid groups (broad SMARTS) is 1. The van der Waals surface area contributed by atoms with Crippen molar-refractivity contribution in [1.29, 1.82) is 0 Å². The highest BCUT2D eigenvalue weighted by Crippen LogP contribution is 2.18. The molecule has 0 atom stereocenters. The van der Waals surface area contributed by atoms with E-state index in [1.54, 1.807) is 0 Å². The fourth-order valence-electron chi connectivity index (χ4n) is 0.727. The van der Waals surface area contributed by atoms with Crippen LogP contribution >= 0.6 is 0 Å². The van der Waals surface area contributed by atoms with Crippen LogP contribution in [0.2, 0.25) is 0 Å². The summed E-state index contributed by atoms with van der Waals surface area (Å²) in [6, 6.07) is 0. The quantitative estimate of drug-likeness (QED) is 0.832. The lowest BCUT2D eigenvalue weighted by atomic mass is 9.92. The Balaban J connectivity index is 0.000000325. The van der Waals surface area contributed by atoms with Gasteiger partial charge in [0.05, 0.1) is 0 Å². The molecule has 0 aliphatic rings. The van der Waals surface area contributed by atoms with E-state index in [1.165, 1.54) is 6.39 Å². The average molecular weight is 254 g/mol. The maximum Gasteiger partial charge on any atom is 0.490 e. The van der Waals surface area contributed by atoms with Crippen molar-refractivity contribution < 1.29 is 27.5 Å². The molecule has 0 amide bonds. The molecule has 1 rings (SSSR count). The molecule has 0 aliphatic heterocycles. The second kappa shape index (κ2) is 5.65. The zero-order chi connectivity index (χ0) is 13.7. The number of aromatic nitrogens is 2. The molecule has 0 aromatic carbocycles. The third kappa shape index (κ3) is 8.23. The number of hydrogen-bond acceptors (Lipinski definition) is 4. The fraction of sp³-hybridized carbons (Fsp3) is 0.667. The predicted octanol–water partition coefficient (Wildman–Crippen LogP) is 2.29. The molecular formula is C9H13F3N2O3. The van der Waals surface area contributed by atoms with E-state index < -0.39 is 12.1 Å². The molecule has 5 nitrogen and oxygen atoms in total. The van der Waals surface area contributed by atoms with Gasteiger partial charge in [-0.05, 0) is 5.41 Å². The second-order valence-electron chi connectivity index (χ2n) is 4.37. The van der Waals surface area contributed by atoms with Gasteiger partial charge < -0.3 is 9.52 Å². The third-order valence-electron chi connectivity index (χ3n) is 1.33. The fourth-order valence-corrected chi connectivity index (χ4v) is 0.727. The van der Waals surface area contributed by atoms with E-state index in [0.29, 0.717) is 5.89 Å². The van der Waals surface area contributed by atoms with Crippen molar-refractivity contribution in [3.63, 3.8) is 0 Å². The average Bonchev–Trinajstić information content (AvgIpc) is 2.52. The largest absolute Gasteiger partial charge is 0.490 e. The maximum atomic E-state index is 10.6. The summed E-state index contributed by atoms with van der Waals surface area (Å²) >= 11 is 0. The molecule has 0 spiro atoms. The molecule has 1 heterocycles. The van der Waals surface area contributed by atoms with Gasteiger partial charge >= 0.3 is 12.1 Å². The predicted molar refractivity (Wildman–Crippen MR) is 51.1 cm³/mol. The van der Waals surface area contributed by atoms with Gasteiger partial charge in [0, 0.05) is 6.42 Å². The number of nitrogens with zero attached hydrogens (tertiary/aromatic N) is 2. The van der Waals surface area contributed by atoms with Crippen LogP contribution in [0.4, 0.5) is 13.2 Å². The number of rotatable bonds is 1. The molecule has 98 valence electrons. The third-order valence-corrected chi connectivity index (χ3v) is 1.33. The molecule has 0 unspecified atom stereocenters. The van der Waals surface area contributed by atoms with E-state index in [-0.39, 0.29) is 5.41 Å². The van der Waals surface area contributed by atoms with E-state index in [2.05, 4.69) is 31.0 Å². The molecule has 1 aromatic rings. The first-order valence-electron chi connectivity index (χ1n) is 4.57. The molecule has 0 saturated heterocycles. The van der Waals surface area contributed by atoms with Crippen molar-refractivity contribution in [2.45, 2.75) is 33.4 Å². The minimum absolute atomic E-state index is 0.229. The summed E-state index contributed by atoms with van der Waals surface area (Å²) in [5.41, 5.74) is 0.229. The Bertz CT molecular complexity index is 341. The van der Waals surface area contributed by atoms with E-state index in [0.717, 1.165) is 6.42 Å². The van der Waals surface area contributed by atoms with Gasteiger partial charge in [-0.3, -0.25) is 0 Å². The SMILES string of the molecule is CC(C)(C)Cc1nnco1.O=C(O)C(F)(F)F. The van der Waals surface area contributed by atoms with Gasteiger partial charge in [-0.2, -0.15) is 13.2 Å². The highest BCUT2D eigenvalue weighted by atomic mass is 19.4. The molecule has 1 aromatic heterocycles. The Morgan fingerprint density at radius 3 is 2.12 bits per heavy atom. The minimum Gasteiger partial charge on any atom is -0.475 e. The number of aliphatic carboxylic acids is 1. The lowest BCUT2D eigenvalue weighted by Crippen LogP contribution is -2.21. The van der Waals surface area contributed by atoms with Gasteiger partial charge in [0.2, 0.25) is 12.3 Å². The Morgan fingerprint density at radius 1 is 1.41 bits per heavy atom. The summed E-state index contributed by atoms with van der Waals surface area (Å²) in [6.07, 6.45) is -2.88. The van der Waals surface area contributed by atoms with Crippen LogP contribution < -0.4 is 0 Å². The first-order chi connectivity index (χ1) is 7.52. The van der Waals surface area contributed by atoms with E-state index >= 15 is 0 Å². The minimum atomic E-state index is -5.08. The normalized spacial score (nSPS) is 11.6. The molecule has 0 saturated carbocycles. The van der Waals surface area contributed by atoms with Gasteiger partial charge in [-0.25, -0.2) is 4.79 Å². The zero-order valence-electron chi connectivity index (χ0n) is 9.58. The maximum absolute atomic E-state index is 10.6. The summed E-state index contributed by atoms with van der Waals surface area (Å²) < 4.78 is 36.7. The highest BCUT2D eigenvalue weighted by Gasteiger charge is 2.38. The van der Waals surface area contributed by atoms with E-state index in [1.807, 2.05) is 0 Å². The zero-order valence-corrected chi connectivity index (χ0v) is 9.58. The Labute approximate surface area is 95.6 Å². The van der Waals surface area contributed by atoms with Crippen LogP contribution in [0.3, 0.4) is 0 Å². The first-order valence-corrected chi connectivity index (χ1v) is 4.57. The molecule has 17 heavy (non-hydrogen) atoms. The number of alkyl halides is 3. The Kier molecular flexibility index (Phi) is 5.11. The molecule has 0 bridgehead atoms. The van der Waals surface area contributed by atoms with E-state index in [9.17, 15) is 13.2 Å². The Morgan fingerprint density at radius 2 is 1.88 bits per heavy atom. The van der Waals surface area contributed by atoms with Crippen molar-refractivity contribution in [2.24, 2.45) is 5.41 Å².